The summed E-state index contributed by atoms with van der Waals surface area (Å²) in [7, 11) is 1.58. The number of methoxy groups -OCH3 is 1. The second kappa shape index (κ2) is 7.81. The normalized spacial score (nSPS) is 14.2. The Hall–Kier alpha value is -3.16. The van der Waals surface area contributed by atoms with E-state index in [1.54, 1.807) is 16.9 Å². The number of aromatic amines is 1. The van der Waals surface area contributed by atoms with Crippen molar-refractivity contribution in [2.75, 3.05) is 33.3 Å². The molecule has 2 heterocycles. The van der Waals surface area contributed by atoms with Gasteiger partial charge in [-0.25, -0.2) is 5.10 Å². The second-order valence-corrected chi connectivity index (χ2v) is 5.97. The van der Waals surface area contributed by atoms with Crippen molar-refractivity contribution in [2.24, 2.45) is 0 Å². The number of ether oxygens (including phenoxy) is 1. The molecule has 0 spiro atoms. The summed E-state index contributed by atoms with van der Waals surface area (Å²) in [5.41, 5.74) is 0.683. The quantitative estimate of drug-likeness (QED) is 0.850. The number of hydrogen-bond donors (Lipinski definition) is 1. The molecule has 1 aromatic heterocycles. The predicted molar refractivity (Wildman–Crippen MR) is 94.0 cm³/mol. The molecule has 1 N–H and O–H groups in total. The number of aromatic nitrogens is 2. The number of piperazine rings is 1. The van der Waals surface area contributed by atoms with Crippen LogP contribution in [0, 0.1) is 0 Å². The van der Waals surface area contributed by atoms with E-state index in [1.807, 2.05) is 24.3 Å². The summed E-state index contributed by atoms with van der Waals surface area (Å²) in [6.45, 7) is 1.78. The third kappa shape index (κ3) is 3.90. The number of rotatable bonds is 4. The summed E-state index contributed by atoms with van der Waals surface area (Å²) in [6.07, 6.45) is 0.263. The molecule has 0 atom stereocenters. The highest BCUT2D eigenvalue weighted by atomic mass is 16.5. The van der Waals surface area contributed by atoms with Crippen LogP contribution < -0.4 is 10.3 Å². The van der Waals surface area contributed by atoms with Crippen LogP contribution in [0.5, 0.6) is 5.75 Å². The topological polar surface area (TPSA) is 95.6 Å². The number of hydrogen-bond acceptors (Lipinski definition) is 5. The molecule has 0 aliphatic carbocycles. The van der Waals surface area contributed by atoms with Gasteiger partial charge in [-0.05, 0) is 12.1 Å². The number of nitrogens with one attached hydrogen (secondary N) is 1. The van der Waals surface area contributed by atoms with E-state index in [1.165, 1.54) is 12.1 Å². The van der Waals surface area contributed by atoms with Gasteiger partial charge in [0.2, 0.25) is 5.91 Å². The SMILES string of the molecule is COc1ccccc1CC(=O)N1CCN(C(=O)c2ccc(=O)[nH]n2)CC1. The minimum atomic E-state index is -0.353. The maximum atomic E-state index is 12.5. The van der Waals surface area contributed by atoms with Gasteiger partial charge in [-0.15, -0.1) is 0 Å². The molecule has 1 aliphatic heterocycles. The summed E-state index contributed by atoms with van der Waals surface area (Å²) in [5, 5.41) is 6.01. The molecular formula is C18H20N4O4. The Balaban J connectivity index is 1.57. The van der Waals surface area contributed by atoms with E-state index in [9.17, 15) is 14.4 Å². The fourth-order valence-electron chi connectivity index (χ4n) is 2.91. The smallest absolute Gasteiger partial charge is 0.274 e. The van der Waals surface area contributed by atoms with Gasteiger partial charge in [0.1, 0.15) is 11.4 Å². The number of benzene rings is 1. The molecule has 1 fully saturated rings. The lowest BCUT2D eigenvalue weighted by atomic mass is 10.1. The number of carbonyl (C=O) groups excluding carboxylic acids is 2. The molecule has 1 aliphatic rings. The Morgan fingerprint density at radius 3 is 2.42 bits per heavy atom. The van der Waals surface area contributed by atoms with Crippen molar-refractivity contribution in [2.45, 2.75) is 6.42 Å². The molecule has 0 radical (unpaired) electrons. The summed E-state index contributed by atoms with van der Waals surface area (Å²) in [4.78, 5) is 39.3. The molecule has 3 rings (SSSR count). The van der Waals surface area contributed by atoms with E-state index in [-0.39, 0.29) is 29.5 Å². The molecule has 2 amide bonds. The van der Waals surface area contributed by atoms with Crippen molar-refractivity contribution in [3.8, 4) is 5.75 Å². The molecule has 0 unspecified atom stereocenters. The largest absolute Gasteiger partial charge is 0.496 e. The number of para-hydroxylation sites is 1. The van der Waals surface area contributed by atoms with Gasteiger partial charge in [0, 0.05) is 37.8 Å². The lowest BCUT2D eigenvalue weighted by molar-refractivity contribution is -0.131. The van der Waals surface area contributed by atoms with Gasteiger partial charge < -0.3 is 14.5 Å². The van der Waals surface area contributed by atoms with Gasteiger partial charge in [0.05, 0.1) is 13.5 Å². The second-order valence-electron chi connectivity index (χ2n) is 5.97. The van der Waals surface area contributed by atoms with Crippen LogP contribution in [0.4, 0.5) is 0 Å². The fourth-order valence-corrected chi connectivity index (χ4v) is 2.91. The van der Waals surface area contributed by atoms with Crippen molar-refractivity contribution >= 4 is 11.8 Å². The summed E-state index contributed by atoms with van der Waals surface area (Å²) < 4.78 is 5.28. The van der Waals surface area contributed by atoms with E-state index in [0.717, 1.165) is 5.56 Å². The molecule has 1 saturated heterocycles. The Bertz CT molecular complexity index is 836. The Morgan fingerprint density at radius 1 is 1.08 bits per heavy atom. The molecule has 26 heavy (non-hydrogen) atoms. The van der Waals surface area contributed by atoms with Crippen LogP contribution in [0.1, 0.15) is 16.1 Å². The highest BCUT2D eigenvalue weighted by molar-refractivity contribution is 5.92. The lowest BCUT2D eigenvalue weighted by Crippen LogP contribution is -2.51. The average molecular weight is 356 g/mol. The van der Waals surface area contributed by atoms with E-state index in [4.69, 9.17) is 4.74 Å². The Morgan fingerprint density at radius 2 is 1.77 bits per heavy atom. The van der Waals surface area contributed by atoms with Crippen molar-refractivity contribution < 1.29 is 14.3 Å². The summed E-state index contributed by atoms with van der Waals surface area (Å²) >= 11 is 0. The molecule has 2 aromatic rings. The van der Waals surface area contributed by atoms with Gasteiger partial charge in [-0.3, -0.25) is 14.4 Å². The van der Waals surface area contributed by atoms with Crippen LogP contribution in [0.2, 0.25) is 0 Å². The molecular weight excluding hydrogens is 336 g/mol. The minimum absolute atomic E-state index is 0.00349. The van der Waals surface area contributed by atoms with Crippen LogP contribution in [-0.2, 0) is 11.2 Å². The highest BCUT2D eigenvalue weighted by Crippen LogP contribution is 2.19. The van der Waals surface area contributed by atoms with Crippen LogP contribution in [0.3, 0.4) is 0 Å². The van der Waals surface area contributed by atoms with Gasteiger partial charge >= 0.3 is 0 Å². The number of H-pyrrole nitrogens is 1. The molecule has 136 valence electrons. The molecule has 8 heteroatoms. The third-order valence-electron chi connectivity index (χ3n) is 4.35. The maximum Gasteiger partial charge on any atom is 0.274 e. The lowest BCUT2D eigenvalue weighted by Gasteiger charge is -2.34. The van der Waals surface area contributed by atoms with E-state index < -0.39 is 0 Å². The zero-order chi connectivity index (χ0) is 18.5. The van der Waals surface area contributed by atoms with E-state index >= 15 is 0 Å². The monoisotopic (exact) mass is 356 g/mol. The molecule has 1 aromatic carbocycles. The van der Waals surface area contributed by atoms with Crippen molar-refractivity contribution in [1.29, 1.82) is 0 Å². The van der Waals surface area contributed by atoms with Crippen molar-refractivity contribution in [1.82, 2.24) is 20.0 Å². The first-order valence-electron chi connectivity index (χ1n) is 8.33. The van der Waals surface area contributed by atoms with Crippen molar-refractivity contribution in [3.63, 3.8) is 0 Å². The molecule has 0 saturated carbocycles. The fraction of sp³-hybridized carbons (Fsp3) is 0.333. The van der Waals surface area contributed by atoms with Gasteiger partial charge in [-0.2, -0.15) is 5.10 Å². The Labute approximate surface area is 150 Å². The zero-order valence-electron chi connectivity index (χ0n) is 14.5. The van der Waals surface area contributed by atoms with E-state index in [0.29, 0.717) is 31.9 Å². The highest BCUT2D eigenvalue weighted by Gasteiger charge is 2.26. The Kier molecular flexibility index (Phi) is 5.31. The first-order chi connectivity index (χ1) is 12.6. The first-order valence-corrected chi connectivity index (χ1v) is 8.33. The van der Waals surface area contributed by atoms with Crippen LogP contribution in [-0.4, -0.2) is 65.1 Å². The van der Waals surface area contributed by atoms with Crippen LogP contribution in [0.15, 0.2) is 41.2 Å². The van der Waals surface area contributed by atoms with Gasteiger partial charge in [0.15, 0.2) is 0 Å². The number of amides is 2. The molecule has 8 nitrogen and oxygen atoms in total. The zero-order valence-corrected chi connectivity index (χ0v) is 14.5. The number of nitrogens with zero attached hydrogens (tertiary/aromatic N) is 3. The average Bonchev–Trinajstić information content (AvgIpc) is 2.68. The standard InChI is InChI=1S/C18H20N4O4/c1-26-15-5-3-2-4-13(15)12-17(24)21-8-10-22(11-9-21)18(25)14-6-7-16(23)20-19-14/h2-7H,8-12H2,1H3,(H,20,23). The van der Waals surface area contributed by atoms with Gasteiger partial charge in [-0.1, -0.05) is 18.2 Å². The minimum Gasteiger partial charge on any atom is -0.496 e. The van der Waals surface area contributed by atoms with Crippen LogP contribution >= 0.6 is 0 Å². The summed E-state index contributed by atoms with van der Waals surface area (Å²) in [5.74, 6) is 0.445. The van der Waals surface area contributed by atoms with E-state index in [2.05, 4.69) is 10.2 Å². The molecule has 0 bridgehead atoms. The summed E-state index contributed by atoms with van der Waals surface area (Å²) in [6, 6.07) is 10.1. The third-order valence-corrected chi connectivity index (χ3v) is 4.35. The van der Waals surface area contributed by atoms with Gasteiger partial charge in [0.25, 0.3) is 11.5 Å². The maximum absolute atomic E-state index is 12.5. The first kappa shape index (κ1) is 17.7. The number of carbonyl (C=O) groups is 2. The van der Waals surface area contributed by atoms with Crippen LogP contribution in [0.25, 0.3) is 0 Å². The predicted octanol–water partition coefficient (Wildman–Crippen LogP) is 0.306. The van der Waals surface area contributed by atoms with Crippen molar-refractivity contribution in [3.05, 3.63) is 58.0 Å².